The van der Waals surface area contributed by atoms with E-state index < -0.39 is 6.55 Å². The van der Waals surface area contributed by atoms with Crippen LogP contribution in [0.15, 0.2) is 48.5 Å². The van der Waals surface area contributed by atoms with Crippen LogP contribution in [0.1, 0.15) is 6.55 Å². The van der Waals surface area contributed by atoms with E-state index >= 15 is 0 Å². The second-order valence-electron chi connectivity index (χ2n) is 7.86. The predicted molar refractivity (Wildman–Crippen MR) is 122 cm³/mol. The third-order valence-electron chi connectivity index (χ3n) is 5.50. The molecule has 0 unspecified atom stereocenters. The fourth-order valence-electron chi connectivity index (χ4n) is 3.86. The summed E-state index contributed by atoms with van der Waals surface area (Å²) < 4.78 is 28.6. The number of imidazole rings is 1. The van der Waals surface area contributed by atoms with Gasteiger partial charge in [-0.15, -0.1) is 0 Å². The van der Waals surface area contributed by atoms with Crippen molar-refractivity contribution in [1.29, 1.82) is 0 Å². The third kappa shape index (κ3) is 5.60. The number of hydrogen-bond acceptors (Lipinski definition) is 5. The van der Waals surface area contributed by atoms with Crippen LogP contribution >= 0.6 is 0 Å². The van der Waals surface area contributed by atoms with E-state index in [4.69, 9.17) is 9.90 Å². The van der Waals surface area contributed by atoms with Crippen molar-refractivity contribution in [1.82, 2.24) is 19.4 Å². The normalized spacial score (nSPS) is 14.6. The molecule has 1 saturated heterocycles. The fraction of sp³-hybridized carbons (Fsp3) is 0.391. The number of aromatic nitrogens is 2. The molecule has 1 fully saturated rings. The molecule has 0 atom stereocenters. The number of nitrogens with zero attached hydrogens (tertiary/aromatic N) is 5. The van der Waals surface area contributed by atoms with Crippen LogP contribution in [-0.4, -0.2) is 84.3 Å². The first-order valence-electron chi connectivity index (χ1n) is 10.5. The van der Waals surface area contributed by atoms with Gasteiger partial charge in [-0.25, -0.2) is 4.98 Å². The highest BCUT2D eigenvalue weighted by Gasteiger charge is 2.21. The predicted octanol–water partition coefficient (Wildman–Crippen LogP) is 3.48. The maximum atomic E-state index is 13.8. The van der Waals surface area contributed by atoms with Gasteiger partial charge in [0.05, 0.1) is 11.0 Å². The number of carbonyl (C=O) groups is 1. The number of carboxylic acid groups (broad SMARTS) is 1. The van der Waals surface area contributed by atoms with Gasteiger partial charge in [0, 0.05) is 50.5 Å². The number of anilines is 1. The third-order valence-corrected chi connectivity index (χ3v) is 5.50. The van der Waals surface area contributed by atoms with Crippen molar-refractivity contribution in [2.45, 2.75) is 6.55 Å². The van der Waals surface area contributed by atoms with Crippen LogP contribution in [0.4, 0.5) is 14.5 Å². The highest BCUT2D eigenvalue weighted by atomic mass is 19.3. The summed E-state index contributed by atoms with van der Waals surface area (Å²) in [4.78, 5) is 19.8. The molecule has 1 N–H and O–H groups in total. The molecular weight excluding hydrogens is 416 g/mol. The van der Waals surface area contributed by atoms with E-state index in [0.717, 1.165) is 49.5 Å². The summed E-state index contributed by atoms with van der Waals surface area (Å²) in [7, 11) is 4.18. The molecule has 0 aliphatic carbocycles. The molecule has 32 heavy (non-hydrogen) atoms. The first-order valence-corrected chi connectivity index (χ1v) is 10.5. The maximum Gasteiger partial charge on any atom is 0.320 e. The Balaban J connectivity index is 0.000000913. The van der Waals surface area contributed by atoms with Crippen LogP contribution < -0.4 is 4.90 Å². The van der Waals surface area contributed by atoms with Crippen LogP contribution in [0, 0.1) is 0 Å². The number of alkyl halides is 2. The number of piperazine rings is 1. The molecule has 0 radical (unpaired) electrons. The average molecular weight is 446 g/mol. The Bertz CT molecular complexity index is 1020. The van der Waals surface area contributed by atoms with Crippen LogP contribution in [0.25, 0.3) is 22.4 Å². The lowest BCUT2D eigenvalue weighted by molar-refractivity contribution is -0.122. The van der Waals surface area contributed by atoms with Crippen LogP contribution in [0.3, 0.4) is 0 Å². The molecule has 0 spiro atoms. The van der Waals surface area contributed by atoms with E-state index in [1.54, 1.807) is 18.2 Å². The molecule has 1 aromatic heterocycles. The zero-order chi connectivity index (χ0) is 23.1. The van der Waals surface area contributed by atoms with Gasteiger partial charge in [-0.05, 0) is 38.4 Å². The quantitative estimate of drug-likeness (QED) is 0.586. The average Bonchev–Trinajstić information content (AvgIpc) is 3.19. The van der Waals surface area contributed by atoms with Crippen molar-refractivity contribution in [3.63, 3.8) is 0 Å². The highest BCUT2D eigenvalue weighted by molar-refractivity contribution is 5.81. The van der Waals surface area contributed by atoms with Gasteiger partial charge in [-0.3, -0.25) is 14.3 Å². The zero-order valence-corrected chi connectivity index (χ0v) is 18.4. The molecule has 3 aromatic rings. The highest BCUT2D eigenvalue weighted by Crippen LogP contribution is 2.31. The molecule has 2 heterocycles. The zero-order valence-electron chi connectivity index (χ0n) is 18.4. The van der Waals surface area contributed by atoms with Gasteiger partial charge >= 0.3 is 6.55 Å². The van der Waals surface area contributed by atoms with Crippen LogP contribution in [0.2, 0.25) is 0 Å². The van der Waals surface area contributed by atoms with E-state index in [1.165, 1.54) is 0 Å². The Kier molecular flexibility index (Phi) is 8.13. The van der Waals surface area contributed by atoms with E-state index in [1.807, 2.05) is 30.3 Å². The maximum absolute atomic E-state index is 13.8. The summed E-state index contributed by atoms with van der Waals surface area (Å²) in [5, 5.41) is 6.89. The largest absolute Gasteiger partial charge is 0.483 e. The minimum absolute atomic E-state index is 0.250. The number of rotatable bonds is 6. The summed E-state index contributed by atoms with van der Waals surface area (Å²) in [6, 6.07) is 14.9. The van der Waals surface area contributed by atoms with Crippen molar-refractivity contribution >= 4 is 23.2 Å². The van der Waals surface area contributed by atoms with E-state index in [2.05, 4.69) is 33.8 Å². The van der Waals surface area contributed by atoms with Crippen molar-refractivity contribution < 1.29 is 18.7 Å². The second-order valence-corrected chi connectivity index (χ2v) is 7.86. The number of likely N-dealkylation sites (N-methyl/N-ethyl adjacent to an activating group) is 1. The number of benzene rings is 2. The summed E-state index contributed by atoms with van der Waals surface area (Å²) >= 11 is 0. The molecule has 7 nitrogen and oxygen atoms in total. The smallest absolute Gasteiger partial charge is 0.320 e. The Labute approximate surface area is 186 Å². The van der Waals surface area contributed by atoms with Crippen molar-refractivity contribution in [3.05, 3.63) is 48.5 Å². The van der Waals surface area contributed by atoms with E-state index in [9.17, 15) is 8.78 Å². The summed E-state index contributed by atoms with van der Waals surface area (Å²) in [5.74, 6) is 0.313. The molecule has 1 aliphatic rings. The first kappa shape index (κ1) is 23.6. The number of fused-ring (bicyclic) bond motifs is 1. The standard InChI is InChI=1S/C22H27F2N5.CH2O2/c1-26(2)10-11-27-12-14-28(15-13-27)18-7-5-6-17(16-18)21-25-19-8-3-4-9-20(19)29(21)22(23)24;2-1-3/h3-9,16,22H,10-15H2,1-2H3;1H,(H,2,3). The summed E-state index contributed by atoms with van der Waals surface area (Å²) in [6.07, 6.45) is 0. The molecule has 1 aliphatic heterocycles. The summed E-state index contributed by atoms with van der Waals surface area (Å²) in [6.45, 7) is 3.12. The monoisotopic (exact) mass is 445 g/mol. The fourth-order valence-corrected chi connectivity index (χ4v) is 3.86. The number of hydrogen-bond donors (Lipinski definition) is 1. The summed E-state index contributed by atoms with van der Waals surface area (Å²) in [5.41, 5.74) is 2.82. The van der Waals surface area contributed by atoms with Crippen LogP contribution in [0.5, 0.6) is 0 Å². The van der Waals surface area contributed by atoms with Gasteiger partial charge < -0.3 is 14.9 Å². The van der Waals surface area contributed by atoms with Gasteiger partial charge in [0.15, 0.2) is 0 Å². The lowest BCUT2D eigenvalue weighted by Gasteiger charge is -2.36. The molecule has 0 saturated carbocycles. The van der Waals surface area contributed by atoms with Gasteiger partial charge in [0.2, 0.25) is 0 Å². The van der Waals surface area contributed by atoms with Crippen molar-refractivity contribution in [2.24, 2.45) is 0 Å². The topological polar surface area (TPSA) is 64.8 Å². The molecule has 9 heteroatoms. The Morgan fingerprint density at radius 1 is 1.09 bits per heavy atom. The van der Waals surface area contributed by atoms with Gasteiger partial charge in [-0.2, -0.15) is 8.78 Å². The minimum atomic E-state index is -2.64. The van der Waals surface area contributed by atoms with E-state index in [0.29, 0.717) is 22.4 Å². The molecule has 172 valence electrons. The first-order chi connectivity index (χ1) is 15.4. The number of para-hydroxylation sites is 2. The molecule has 0 amide bonds. The molecule has 2 aromatic carbocycles. The lowest BCUT2D eigenvalue weighted by atomic mass is 10.1. The lowest BCUT2D eigenvalue weighted by Crippen LogP contribution is -2.48. The van der Waals surface area contributed by atoms with Gasteiger partial charge in [0.25, 0.3) is 6.47 Å². The Hall–Kier alpha value is -3.04. The van der Waals surface area contributed by atoms with Crippen molar-refractivity contribution in [2.75, 3.05) is 58.3 Å². The molecule has 4 rings (SSSR count). The van der Waals surface area contributed by atoms with Gasteiger partial charge in [0.1, 0.15) is 5.82 Å². The Morgan fingerprint density at radius 3 is 2.44 bits per heavy atom. The second kappa shape index (κ2) is 11.0. The SMILES string of the molecule is CN(C)CCN1CCN(c2cccc(-c3nc4ccccc4n3C(F)F)c2)CC1.O=CO. The van der Waals surface area contributed by atoms with Gasteiger partial charge in [-0.1, -0.05) is 24.3 Å². The number of halogens is 2. The Morgan fingerprint density at radius 2 is 1.78 bits per heavy atom. The molecule has 0 bridgehead atoms. The van der Waals surface area contributed by atoms with E-state index in [-0.39, 0.29) is 6.47 Å². The van der Waals surface area contributed by atoms with Crippen molar-refractivity contribution in [3.8, 4) is 11.4 Å². The minimum Gasteiger partial charge on any atom is -0.483 e. The molecular formula is C23H29F2N5O2. The van der Waals surface area contributed by atoms with Crippen LogP contribution in [-0.2, 0) is 4.79 Å².